The van der Waals surface area contributed by atoms with Crippen LogP contribution in [0, 0.1) is 3.57 Å². The number of hydrogen-bond acceptors (Lipinski definition) is 4. The van der Waals surface area contributed by atoms with E-state index in [4.69, 9.17) is 9.47 Å². The van der Waals surface area contributed by atoms with Crippen molar-refractivity contribution >= 4 is 34.5 Å². The van der Waals surface area contributed by atoms with Crippen LogP contribution in [-0.4, -0.2) is 18.5 Å². The SMILES string of the molecule is CCCCCOC(=O)/C=C/OC(=O)c1ccccc1I. The third-order valence-corrected chi connectivity index (χ3v) is 3.41. The summed E-state index contributed by atoms with van der Waals surface area (Å²) in [6, 6.07) is 7.07. The molecule has 0 atom stereocenters. The Morgan fingerprint density at radius 3 is 2.70 bits per heavy atom. The lowest BCUT2D eigenvalue weighted by Crippen LogP contribution is -2.05. The monoisotopic (exact) mass is 388 g/mol. The fraction of sp³-hybridized carbons (Fsp3) is 0.333. The van der Waals surface area contributed by atoms with E-state index in [1.165, 1.54) is 0 Å². The van der Waals surface area contributed by atoms with Gasteiger partial charge in [-0.15, -0.1) is 0 Å². The molecule has 1 aromatic rings. The standard InChI is InChI=1S/C15H17IO4/c1-2-3-6-10-19-14(17)9-11-20-15(18)12-7-4-5-8-13(12)16/h4-5,7-9,11H,2-3,6,10H2,1H3/b11-9+. The van der Waals surface area contributed by atoms with Gasteiger partial charge in [0.2, 0.25) is 0 Å². The molecule has 0 aliphatic rings. The van der Waals surface area contributed by atoms with E-state index in [1.54, 1.807) is 12.1 Å². The fourth-order valence-corrected chi connectivity index (χ4v) is 2.02. The zero-order valence-corrected chi connectivity index (χ0v) is 13.5. The predicted molar refractivity (Wildman–Crippen MR) is 84.2 cm³/mol. The van der Waals surface area contributed by atoms with Crippen LogP contribution in [0.4, 0.5) is 0 Å². The van der Waals surface area contributed by atoms with E-state index in [9.17, 15) is 9.59 Å². The molecular weight excluding hydrogens is 371 g/mol. The molecule has 1 aromatic carbocycles. The zero-order chi connectivity index (χ0) is 14.8. The molecule has 0 aromatic heterocycles. The molecule has 0 aliphatic carbocycles. The van der Waals surface area contributed by atoms with Crippen molar-refractivity contribution in [2.75, 3.05) is 6.61 Å². The van der Waals surface area contributed by atoms with E-state index in [1.807, 2.05) is 12.1 Å². The molecule has 4 nitrogen and oxygen atoms in total. The Morgan fingerprint density at radius 1 is 1.25 bits per heavy atom. The Labute approximate surface area is 132 Å². The average Bonchev–Trinajstić information content (AvgIpc) is 2.44. The summed E-state index contributed by atoms with van der Waals surface area (Å²) in [5.74, 6) is -0.998. The number of benzene rings is 1. The number of esters is 2. The van der Waals surface area contributed by atoms with Crippen LogP contribution in [0.15, 0.2) is 36.6 Å². The van der Waals surface area contributed by atoms with E-state index in [-0.39, 0.29) is 0 Å². The summed E-state index contributed by atoms with van der Waals surface area (Å²) in [5.41, 5.74) is 0.467. The molecule has 0 unspecified atom stereocenters. The van der Waals surface area contributed by atoms with Gasteiger partial charge in [-0.05, 0) is 41.1 Å². The molecule has 20 heavy (non-hydrogen) atoms. The van der Waals surface area contributed by atoms with Gasteiger partial charge in [-0.25, -0.2) is 9.59 Å². The molecule has 0 saturated carbocycles. The second-order valence-electron chi connectivity index (χ2n) is 4.06. The van der Waals surface area contributed by atoms with Crippen LogP contribution in [0.25, 0.3) is 0 Å². The van der Waals surface area contributed by atoms with E-state index < -0.39 is 11.9 Å². The third kappa shape index (κ3) is 6.18. The Hall–Kier alpha value is -1.37. The number of ether oxygens (including phenoxy) is 2. The Bertz CT molecular complexity index is 483. The largest absolute Gasteiger partial charge is 0.462 e. The van der Waals surface area contributed by atoms with Crippen LogP contribution in [0.3, 0.4) is 0 Å². The van der Waals surface area contributed by atoms with Crippen LogP contribution >= 0.6 is 22.6 Å². The van der Waals surface area contributed by atoms with Crippen molar-refractivity contribution < 1.29 is 19.1 Å². The molecule has 0 saturated heterocycles. The molecule has 0 amide bonds. The minimum Gasteiger partial charge on any atom is -0.462 e. The number of carbonyl (C=O) groups is 2. The highest BCUT2D eigenvalue weighted by atomic mass is 127. The van der Waals surface area contributed by atoms with Gasteiger partial charge in [0.15, 0.2) is 0 Å². The van der Waals surface area contributed by atoms with Crippen LogP contribution in [-0.2, 0) is 14.3 Å². The maximum Gasteiger partial charge on any atom is 0.344 e. The van der Waals surface area contributed by atoms with Gasteiger partial charge in [0.1, 0.15) is 6.26 Å². The summed E-state index contributed by atoms with van der Waals surface area (Å²) in [6.45, 7) is 2.47. The van der Waals surface area contributed by atoms with Gasteiger partial charge < -0.3 is 9.47 Å². The lowest BCUT2D eigenvalue weighted by atomic mass is 10.2. The van der Waals surface area contributed by atoms with Crippen LogP contribution in [0.5, 0.6) is 0 Å². The minimum absolute atomic E-state index is 0.390. The highest BCUT2D eigenvalue weighted by Crippen LogP contribution is 2.12. The summed E-state index contributed by atoms with van der Waals surface area (Å²) in [4.78, 5) is 23.0. The van der Waals surface area contributed by atoms with Crippen LogP contribution < -0.4 is 0 Å². The fourth-order valence-electron chi connectivity index (χ4n) is 1.41. The van der Waals surface area contributed by atoms with Crippen LogP contribution in [0.1, 0.15) is 36.5 Å². The highest BCUT2D eigenvalue weighted by Gasteiger charge is 2.09. The van der Waals surface area contributed by atoms with Crippen molar-refractivity contribution in [2.24, 2.45) is 0 Å². The molecule has 0 bridgehead atoms. The van der Waals surface area contributed by atoms with Gasteiger partial charge in [-0.3, -0.25) is 0 Å². The van der Waals surface area contributed by atoms with Gasteiger partial charge in [0, 0.05) is 3.57 Å². The van der Waals surface area contributed by atoms with Gasteiger partial charge >= 0.3 is 11.9 Å². The van der Waals surface area contributed by atoms with Gasteiger partial charge in [0.05, 0.1) is 18.2 Å². The van der Waals surface area contributed by atoms with Crippen molar-refractivity contribution in [1.82, 2.24) is 0 Å². The third-order valence-electron chi connectivity index (χ3n) is 2.47. The second-order valence-corrected chi connectivity index (χ2v) is 5.22. The smallest absolute Gasteiger partial charge is 0.344 e. The van der Waals surface area contributed by atoms with Crippen molar-refractivity contribution in [3.8, 4) is 0 Å². The Morgan fingerprint density at radius 2 is 2.00 bits per heavy atom. The quantitative estimate of drug-likeness (QED) is 0.235. The van der Waals surface area contributed by atoms with Crippen molar-refractivity contribution in [3.63, 3.8) is 0 Å². The first kappa shape index (κ1) is 16.7. The maximum atomic E-state index is 11.7. The first-order chi connectivity index (χ1) is 9.65. The van der Waals surface area contributed by atoms with Crippen molar-refractivity contribution in [2.45, 2.75) is 26.2 Å². The number of rotatable bonds is 7. The number of hydrogen-bond donors (Lipinski definition) is 0. The lowest BCUT2D eigenvalue weighted by Gasteiger charge is -2.02. The highest BCUT2D eigenvalue weighted by molar-refractivity contribution is 14.1. The average molecular weight is 388 g/mol. The topological polar surface area (TPSA) is 52.6 Å². The maximum absolute atomic E-state index is 11.7. The van der Waals surface area contributed by atoms with E-state index >= 15 is 0 Å². The molecule has 108 valence electrons. The molecule has 0 heterocycles. The summed E-state index contributed by atoms with van der Waals surface area (Å²) in [6.07, 6.45) is 5.12. The Balaban J connectivity index is 2.35. The van der Waals surface area contributed by atoms with E-state index in [0.717, 1.165) is 35.2 Å². The Kier molecular flexibility index (Phi) is 7.94. The van der Waals surface area contributed by atoms with E-state index in [2.05, 4.69) is 29.5 Å². The molecule has 0 spiro atoms. The molecule has 1 rings (SSSR count). The van der Waals surface area contributed by atoms with Gasteiger partial charge in [-0.1, -0.05) is 31.9 Å². The summed E-state index contributed by atoms with van der Waals surface area (Å²) in [7, 11) is 0. The number of halogens is 1. The first-order valence-corrected chi connectivity index (χ1v) is 7.52. The lowest BCUT2D eigenvalue weighted by molar-refractivity contribution is -0.137. The van der Waals surface area contributed by atoms with Crippen molar-refractivity contribution in [1.29, 1.82) is 0 Å². The predicted octanol–water partition coefficient (Wildman–Crippen LogP) is 3.70. The normalized spacial score (nSPS) is 10.5. The number of carbonyl (C=O) groups excluding carboxylic acids is 2. The molecule has 5 heteroatoms. The van der Waals surface area contributed by atoms with Gasteiger partial charge in [-0.2, -0.15) is 0 Å². The minimum atomic E-state index is -0.503. The summed E-state index contributed by atoms with van der Waals surface area (Å²) in [5, 5.41) is 0. The molecule has 0 fully saturated rings. The molecule has 0 N–H and O–H groups in total. The number of unbranched alkanes of at least 4 members (excludes halogenated alkanes) is 2. The first-order valence-electron chi connectivity index (χ1n) is 6.44. The summed E-state index contributed by atoms with van der Waals surface area (Å²) >= 11 is 2.05. The molecule has 0 radical (unpaired) electrons. The zero-order valence-electron chi connectivity index (χ0n) is 11.3. The van der Waals surface area contributed by atoms with Crippen molar-refractivity contribution in [3.05, 3.63) is 45.7 Å². The molecular formula is C15H17IO4. The van der Waals surface area contributed by atoms with E-state index in [0.29, 0.717) is 12.2 Å². The molecule has 0 aliphatic heterocycles. The summed E-state index contributed by atoms with van der Waals surface area (Å²) < 4.78 is 10.6. The second kappa shape index (κ2) is 9.52. The van der Waals surface area contributed by atoms with Gasteiger partial charge in [0.25, 0.3) is 0 Å². The van der Waals surface area contributed by atoms with Crippen LogP contribution in [0.2, 0.25) is 0 Å².